The van der Waals surface area contributed by atoms with Crippen LogP contribution in [0.1, 0.15) is 33.3 Å². The monoisotopic (exact) mass is 656 g/mol. The van der Waals surface area contributed by atoms with Crippen LogP contribution in [0.25, 0.3) is 6.08 Å². The number of hydrogen-bond acceptors (Lipinski definition) is 17. The van der Waals surface area contributed by atoms with Gasteiger partial charge < -0.3 is 58.3 Å². The Morgan fingerprint density at radius 2 is 1.43 bits per heavy atom. The van der Waals surface area contributed by atoms with Crippen molar-refractivity contribution in [2.75, 3.05) is 19.8 Å². The average molecular weight is 657 g/mol. The van der Waals surface area contributed by atoms with Gasteiger partial charge in [-0.1, -0.05) is 12.1 Å². The summed E-state index contributed by atoms with van der Waals surface area (Å²) in [6.45, 7) is 1.79. The maximum Gasteiger partial charge on any atom is 0.331 e. The molecule has 2 aliphatic rings. The third-order valence-corrected chi connectivity index (χ3v) is 6.67. The first-order valence-electron chi connectivity index (χ1n) is 13.9. The predicted octanol–water partition coefficient (Wildman–Crippen LogP) is -1.14. The van der Waals surface area contributed by atoms with E-state index in [4.69, 9.17) is 37.9 Å². The molecule has 0 aliphatic carbocycles. The first-order valence-corrected chi connectivity index (χ1v) is 13.9. The van der Waals surface area contributed by atoms with Crippen LogP contribution in [0, 0.1) is 0 Å². The van der Waals surface area contributed by atoms with Crippen LogP contribution in [-0.2, 0) is 61.9 Å². The third-order valence-electron chi connectivity index (χ3n) is 6.67. The first-order chi connectivity index (χ1) is 21.6. The number of phenols is 1. The fourth-order valence-corrected chi connectivity index (χ4v) is 4.68. The van der Waals surface area contributed by atoms with Gasteiger partial charge in [-0.05, 0) is 23.8 Å². The van der Waals surface area contributed by atoms with Gasteiger partial charge in [-0.15, -0.1) is 0 Å². The van der Waals surface area contributed by atoms with Crippen LogP contribution in [0.3, 0.4) is 0 Å². The summed E-state index contributed by atoms with van der Waals surface area (Å²) in [5.41, 5.74) is 0.488. The van der Waals surface area contributed by atoms with Gasteiger partial charge >= 0.3 is 29.8 Å². The van der Waals surface area contributed by atoms with Crippen molar-refractivity contribution in [1.29, 1.82) is 0 Å². The lowest BCUT2D eigenvalue weighted by Gasteiger charge is -2.45. The molecule has 3 rings (SSSR count). The molecule has 9 unspecified atom stereocenters. The largest absolute Gasteiger partial charge is 0.508 e. The molecular formula is C29H36O17. The van der Waals surface area contributed by atoms with Crippen LogP contribution < -0.4 is 0 Å². The van der Waals surface area contributed by atoms with Crippen molar-refractivity contribution < 1.29 is 82.3 Å². The molecule has 0 bridgehead atoms. The minimum absolute atomic E-state index is 0.0102. The van der Waals surface area contributed by atoms with Crippen LogP contribution in [0.15, 0.2) is 30.3 Å². The molecule has 4 N–H and O–H groups in total. The Labute approximate surface area is 262 Å². The van der Waals surface area contributed by atoms with Crippen molar-refractivity contribution >= 4 is 35.9 Å². The van der Waals surface area contributed by atoms with E-state index < -0.39 is 104 Å². The summed E-state index contributed by atoms with van der Waals surface area (Å²) in [5, 5.41) is 41.4. The van der Waals surface area contributed by atoms with Crippen LogP contribution in [0.2, 0.25) is 0 Å². The molecule has 17 nitrogen and oxygen atoms in total. The Balaban J connectivity index is 2.04. The summed E-state index contributed by atoms with van der Waals surface area (Å²) in [6, 6.07) is 5.75. The van der Waals surface area contributed by atoms with Crippen molar-refractivity contribution in [3.63, 3.8) is 0 Å². The summed E-state index contributed by atoms with van der Waals surface area (Å²) in [7, 11) is 0. The Hall–Kier alpha value is -4.13. The number of benzene rings is 1. The Bertz CT molecular complexity index is 1280. The number of esters is 5. The summed E-state index contributed by atoms with van der Waals surface area (Å²) in [5.74, 6) is -7.02. The number of aliphatic hydroxyl groups excluding tert-OH is 3. The van der Waals surface area contributed by atoms with Gasteiger partial charge in [0.05, 0.1) is 6.61 Å². The Kier molecular flexibility index (Phi) is 12.6. The number of phenolic OH excluding ortho intramolecular Hbond substituents is 1. The van der Waals surface area contributed by atoms with Gasteiger partial charge in [0.2, 0.25) is 12.1 Å². The number of rotatable bonds is 12. The average Bonchev–Trinajstić information content (AvgIpc) is 3.23. The van der Waals surface area contributed by atoms with Crippen molar-refractivity contribution in [2.45, 2.75) is 82.5 Å². The second-order valence-electron chi connectivity index (χ2n) is 10.3. The lowest BCUT2D eigenvalue weighted by Crippen LogP contribution is -2.65. The Morgan fingerprint density at radius 1 is 0.826 bits per heavy atom. The van der Waals surface area contributed by atoms with E-state index in [0.717, 1.165) is 33.8 Å². The quantitative estimate of drug-likeness (QED) is 0.118. The minimum Gasteiger partial charge on any atom is -0.508 e. The highest BCUT2D eigenvalue weighted by Gasteiger charge is 2.62. The van der Waals surface area contributed by atoms with Crippen molar-refractivity contribution in [3.05, 3.63) is 35.9 Å². The molecule has 2 saturated heterocycles. The highest BCUT2D eigenvalue weighted by atomic mass is 16.8. The first kappa shape index (κ1) is 36.3. The molecule has 254 valence electrons. The van der Waals surface area contributed by atoms with E-state index >= 15 is 0 Å². The minimum atomic E-state index is -2.47. The molecule has 0 spiro atoms. The second-order valence-corrected chi connectivity index (χ2v) is 10.3. The zero-order chi connectivity index (χ0) is 34.2. The van der Waals surface area contributed by atoms with E-state index in [1.807, 2.05) is 0 Å². The van der Waals surface area contributed by atoms with Gasteiger partial charge in [0.25, 0.3) is 0 Å². The summed E-state index contributed by atoms with van der Waals surface area (Å²) >= 11 is 0. The fourth-order valence-electron chi connectivity index (χ4n) is 4.68. The summed E-state index contributed by atoms with van der Waals surface area (Å²) in [6.07, 6.45) is -11.4. The number of hydrogen-bond donors (Lipinski definition) is 4. The number of carbonyl (C=O) groups excluding carboxylic acids is 5. The second kappa shape index (κ2) is 15.9. The third kappa shape index (κ3) is 9.44. The summed E-state index contributed by atoms with van der Waals surface area (Å²) in [4.78, 5) is 60.4. The lowest BCUT2D eigenvalue weighted by atomic mass is 9.98. The number of ether oxygens (including phenoxy) is 8. The molecule has 0 amide bonds. The normalized spacial score (nSPS) is 30.8. The van der Waals surface area contributed by atoms with Gasteiger partial charge in [0.15, 0.2) is 18.3 Å². The SMILES string of the molecule is CC(=O)OCC1OC(OC2(COC(C)=O)OC(CO)C(O)C2OC(=O)C=Cc2ccc(O)cc2)C(OC(C)=O)C(OC(C)=O)C1O. The molecule has 0 radical (unpaired) electrons. The van der Waals surface area contributed by atoms with Gasteiger partial charge in [-0.25, -0.2) is 4.79 Å². The Morgan fingerprint density at radius 3 is 2.00 bits per heavy atom. The van der Waals surface area contributed by atoms with Gasteiger partial charge in [0.1, 0.15) is 43.4 Å². The van der Waals surface area contributed by atoms with E-state index in [1.54, 1.807) is 0 Å². The topological polar surface area (TPSA) is 240 Å². The fraction of sp³-hybridized carbons (Fsp3) is 0.552. The molecule has 1 aromatic rings. The molecule has 1 aromatic carbocycles. The van der Waals surface area contributed by atoms with Crippen molar-refractivity contribution in [1.82, 2.24) is 0 Å². The van der Waals surface area contributed by atoms with Crippen molar-refractivity contribution in [3.8, 4) is 5.75 Å². The standard InChI is InChI=1S/C29H36O17/c1-14(31)39-12-21-23(37)25(41-16(3)33)26(42-17(4)34)28(43-21)46-29(13-40-15(2)32)27(24(38)20(11-30)45-29)44-22(36)10-7-18-5-8-19(35)9-6-18/h5-10,20-21,23-28,30,35,37-38H,11-13H2,1-4H3. The molecule has 46 heavy (non-hydrogen) atoms. The zero-order valence-corrected chi connectivity index (χ0v) is 25.3. The number of aliphatic hydroxyl groups is 3. The summed E-state index contributed by atoms with van der Waals surface area (Å²) < 4.78 is 43.7. The molecule has 2 aliphatic heterocycles. The van der Waals surface area contributed by atoms with Crippen LogP contribution in [-0.4, -0.2) is 125 Å². The van der Waals surface area contributed by atoms with Crippen LogP contribution in [0.5, 0.6) is 5.75 Å². The van der Waals surface area contributed by atoms with Crippen LogP contribution in [0.4, 0.5) is 0 Å². The smallest absolute Gasteiger partial charge is 0.331 e. The van der Waals surface area contributed by atoms with E-state index in [1.165, 1.54) is 30.3 Å². The van der Waals surface area contributed by atoms with E-state index in [0.29, 0.717) is 5.56 Å². The molecule has 0 aromatic heterocycles. The van der Waals surface area contributed by atoms with Gasteiger partial charge in [-0.2, -0.15) is 0 Å². The molecule has 2 heterocycles. The van der Waals surface area contributed by atoms with Crippen LogP contribution >= 0.6 is 0 Å². The number of carbonyl (C=O) groups is 5. The van der Waals surface area contributed by atoms with Crippen molar-refractivity contribution in [2.24, 2.45) is 0 Å². The molecule has 0 saturated carbocycles. The molecule has 9 atom stereocenters. The maximum atomic E-state index is 12.9. The molecular weight excluding hydrogens is 620 g/mol. The predicted molar refractivity (Wildman–Crippen MR) is 148 cm³/mol. The van der Waals surface area contributed by atoms with E-state index in [2.05, 4.69) is 0 Å². The highest BCUT2D eigenvalue weighted by Crippen LogP contribution is 2.39. The molecule has 2 fully saturated rings. The zero-order valence-electron chi connectivity index (χ0n) is 25.3. The molecule has 17 heteroatoms. The van der Waals surface area contributed by atoms with Gasteiger partial charge in [0, 0.05) is 33.8 Å². The van der Waals surface area contributed by atoms with E-state index in [9.17, 15) is 44.4 Å². The maximum absolute atomic E-state index is 12.9. The highest BCUT2D eigenvalue weighted by molar-refractivity contribution is 5.87. The van der Waals surface area contributed by atoms with Gasteiger partial charge in [-0.3, -0.25) is 19.2 Å². The number of aromatic hydroxyl groups is 1. The van der Waals surface area contributed by atoms with E-state index in [-0.39, 0.29) is 5.75 Å². The lowest BCUT2D eigenvalue weighted by molar-refractivity contribution is -0.384.